The van der Waals surface area contributed by atoms with Gasteiger partial charge < -0.3 is 5.32 Å². The standard InChI is InChI=1S/C14H28N2/c1-4-16(12-8-10-15-11-12)13-7-5-6-9-14(13,2)3/h12-13,15H,4-11H2,1-3H3. The fourth-order valence-corrected chi connectivity index (χ4v) is 3.75. The number of hydrogen-bond donors (Lipinski definition) is 1. The lowest BCUT2D eigenvalue weighted by Gasteiger charge is -2.47. The molecule has 1 aliphatic carbocycles. The SMILES string of the molecule is CCN(C1CCNC1)C1CCCCC1(C)C. The van der Waals surface area contributed by atoms with Gasteiger partial charge in [0.2, 0.25) is 0 Å². The molecule has 2 aliphatic rings. The third kappa shape index (κ3) is 2.43. The van der Waals surface area contributed by atoms with Gasteiger partial charge in [-0.2, -0.15) is 0 Å². The van der Waals surface area contributed by atoms with E-state index in [9.17, 15) is 0 Å². The van der Waals surface area contributed by atoms with Gasteiger partial charge in [0.1, 0.15) is 0 Å². The first-order valence-corrected chi connectivity index (χ1v) is 7.11. The average Bonchev–Trinajstić information content (AvgIpc) is 2.75. The van der Waals surface area contributed by atoms with Gasteiger partial charge in [-0.15, -0.1) is 0 Å². The van der Waals surface area contributed by atoms with Crippen LogP contribution < -0.4 is 5.32 Å². The number of likely N-dealkylation sites (N-methyl/N-ethyl adjacent to an activating group) is 1. The van der Waals surface area contributed by atoms with Crippen LogP contribution in [0.4, 0.5) is 0 Å². The molecule has 2 atom stereocenters. The van der Waals surface area contributed by atoms with Gasteiger partial charge in [-0.25, -0.2) is 0 Å². The first kappa shape index (κ1) is 12.4. The van der Waals surface area contributed by atoms with Crippen LogP contribution in [0.5, 0.6) is 0 Å². The molecule has 2 heteroatoms. The van der Waals surface area contributed by atoms with E-state index in [0.717, 1.165) is 12.1 Å². The summed E-state index contributed by atoms with van der Waals surface area (Å²) in [5.41, 5.74) is 0.525. The fourth-order valence-electron chi connectivity index (χ4n) is 3.75. The maximum atomic E-state index is 3.51. The van der Waals surface area contributed by atoms with Crippen LogP contribution >= 0.6 is 0 Å². The van der Waals surface area contributed by atoms with Crippen LogP contribution in [-0.4, -0.2) is 36.6 Å². The highest BCUT2D eigenvalue weighted by Gasteiger charge is 2.38. The summed E-state index contributed by atoms with van der Waals surface area (Å²) in [6.45, 7) is 10.9. The molecule has 1 heterocycles. The van der Waals surface area contributed by atoms with Crippen molar-refractivity contribution in [1.29, 1.82) is 0 Å². The zero-order valence-corrected chi connectivity index (χ0v) is 11.3. The second-order valence-electron chi connectivity index (χ2n) is 6.23. The first-order chi connectivity index (χ1) is 7.65. The summed E-state index contributed by atoms with van der Waals surface area (Å²) in [6.07, 6.45) is 7.04. The Balaban J connectivity index is 2.06. The van der Waals surface area contributed by atoms with Crippen molar-refractivity contribution in [1.82, 2.24) is 10.2 Å². The quantitative estimate of drug-likeness (QED) is 0.793. The lowest BCUT2D eigenvalue weighted by Crippen LogP contribution is -2.52. The van der Waals surface area contributed by atoms with E-state index in [4.69, 9.17) is 0 Å². The molecule has 0 aromatic rings. The summed E-state index contributed by atoms with van der Waals surface area (Å²) >= 11 is 0. The molecular weight excluding hydrogens is 196 g/mol. The van der Waals surface area contributed by atoms with Crippen LogP contribution in [0.1, 0.15) is 52.9 Å². The number of nitrogens with one attached hydrogen (secondary N) is 1. The van der Waals surface area contributed by atoms with Gasteiger partial charge >= 0.3 is 0 Å². The molecular formula is C14H28N2. The minimum Gasteiger partial charge on any atom is -0.315 e. The molecule has 0 aromatic carbocycles. The van der Waals surface area contributed by atoms with E-state index in [0.29, 0.717) is 5.41 Å². The molecule has 1 saturated heterocycles. The Kier molecular flexibility index (Phi) is 3.91. The third-order valence-corrected chi connectivity index (χ3v) is 4.72. The molecule has 16 heavy (non-hydrogen) atoms. The van der Waals surface area contributed by atoms with Gasteiger partial charge in [-0.3, -0.25) is 4.90 Å². The molecule has 0 bridgehead atoms. The van der Waals surface area contributed by atoms with E-state index in [1.165, 1.54) is 51.7 Å². The van der Waals surface area contributed by atoms with Gasteiger partial charge in [0.15, 0.2) is 0 Å². The highest BCUT2D eigenvalue weighted by atomic mass is 15.2. The Bertz CT molecular complexity index is 219. The minimum atomic E-state index is 0.525. The molecule has 0 spiro atoms. The van der Waals surface area contributed by atoms with Crippen molar-refractivity contribution >= 4 is 0 Å². The number of hydrogen-bond acceptors (Lipinski definition) is 2. The predicted molar refractivity (Wildman–Crippen MR) is 69.7 cm³/mol. The van der Waals surface area contributed by atoms with E-state index >= 15 is 0 Å². The third-order valence-electron chi connectivity index (χ3n) is 4.72. The Morgan fingerprint density at radius 3 is 2.62 bits per heavy atom. The first-order valence-electron chi connectivity index (χ1n) is 7.11. The summed E-state index contributed by atoms with van der Waals surface area (Å²) in [7, 11) is 0. The molecule has 0 aromatic heterocycles. The molecule has 2 nitrogen and oxygen atoms in total. The molecule has 94 valence electrons. The molecule has 1 aliphatic heterocycles. The summed E-state index contributed by atoms with van der Waals surface area (Å²) in [6, 6.07) is 1.61. The Morgan fingerprint density at radius 2 is 2.06 bits per heavy atom. The Morgan fingerprint density at radius 1 is 1.25 bits per heavy atom. The molecule has 1 saturated carbocycles. The lowest BCUT2D eigenvalue weighted by atomic mass is 9.72. The second kappa shape index (κ2) is 5.05. The van der Waals surface area contributed by atoms with Crippen molar-refractivity contribution < 1.29 is 0 Å². The monoisotopic (exact) mass is 224 g/mol. The Labute approximate surface area is 101 Å². The zero-order valence-electron chi connectivity index (χ0n) is 11.3. The maximum Gasteiger partial charge on any atom is 0.0235 e. The van der Waals surface area contributed by atoms with Gasteiger partial charge in [-0.05, 0) is 37.8 Å². The number of nitrogens with zero attached hydrogens (tertiary/aromatic N) is 1. The normalized spacial score (nSPS) is 34.5. The molecule has 1 N–H and O–H groups in total. The van der Waals surface area contributed by atoms with Crippen LogP contribution in [0, 0.1) is 5.41 Å². The van der Waals surface area contributed by atoms with Crippen LogP contribution in [0.2, 0.25) is 0 Å². The van der Waals surface area contributed by atoms with E-state index in [2.05, 4.69) is 31.0 Å². The fraction of sp³-hybridized carbons (Fsp3) is 1.00. The number of rotatable bonds is 3. The second-order valence-corrected chi connectivity index (χ2v) is 6.23. The summed E-state index contributed by atoms with van der Waals surface area (Å²) in [4.78, 5) is 2.79. The van der Waals surface area contributed by atoms with E-state index in [1.807, 2.05) is 0 Å². The summed E-state index contributed by atoms with van der Waals surface area (Å²) < 4.78 is 0. The predicted octanol–water partition coefficient (Wildman–Crippen LogP) is 2.64. The summed E-state index contributed by atoms with van der Waals surface area (Å²) in [5, 5.41) is 3.51. The van der Waals surface area contributed by atoms with Crippen LogP contribution in [-0.2, 0) is 0 Å². The smallest absolute Gasteiger partial charge is 0.0235 e. The highest BCUT2D eigenvalue weighted by molar-refractivity contribution is 4.93. The van der Waals surface area contributed by atoms with Crippen molar-refractivity contribution in [3.63, 3.8) is 0 Å². The highest BCUT2D eigenvalue weighted by Crippen LogP contribution is 2.39. The van der Waals surface area contributed by atoms with E-state index in [-0.39, 0.29) is 0 Å². The van der Waals surface area contributed by atoms with Crippen molar-refractivity contribution in [3.8, 4) is 0 Å². The summed E-state index contributed by atoms with van der Waals surface area (Å²) in [5.74, 6) is 0. The van der Waals surface area contributed by atoms with Crippen LogP contribution in [0.15, 0.2) is 0 Å². The Hall–Kier alpha value is -0.0800. The van der Waals surface area contributed by atoms with Gasteiger partial charge in [0.05, 0.1) is 0 Å². The van der Waals surface area contributed by atoms with Crippen molar-refractivity contribution in [2.75, 3.05) is 19.6 Å². The maximum absolute atomic E-state index is 3.51. The largest absolute Gasteiger partial charge is 0.315 e. The zero-order chi connectivity index (χ0) is 11.6. The van der Waals surface area contributed by atoms with Crippen LogP contribution in [0.25, 0.3) is 0 Å². The topological polar surface area (TPSA) is 15.3 Å². The average molecular weight is 224 g/mol. The van der Waals surface area contributed by atoms with Gasteiger partial charge in [-0.1, -0.05) is 33.6 Å². The molecule has 0 amide bonds. The minimum absolute atomic E-state index is 0.525. The van der Waals surface area contributed by atoms with Gasteiger partial charge in [0, 0.05) is 18.6 Å². The molecule has 2 fully saturated rings. The molecule has 0 radical (unpaired) electrons. The van der Waals surface area contributed by atoms with Crippen LogP contribution in [0.3, 0.4) is 0 Å². The van der Waals surface area contributed by atoms with Gasteiger partial charge in [0.25, 0.3) is 0 Å². The molecule has 2 rings (SSSR count). The molecule has 2 unspecified atom stereocenters. The lowest BCUT2D eigenvalue weighted by molar-refractivity contribution is 0.0271. The van der Waals surface area contributed by atoms with E-state index < -0.39 is 0 Å². The van der Waals surface area contributed by atoms with Crippen molar-refractivity contribution in [2.45, 2.75) is 65.0 Å². The van der Waals surface area contributed by atoms with Crippen molar-refractivity contribution in [2.24, 2.45) is 5.41 Å². The van der Waals surface area contributed by atoms with Crippen molar-refractivity contribution in [3.05, 3.63) is 0 Å². The van der Waals surface area contributed by atoms with E-state index in [1.54, 1.807) is 0 Å².